The van der Waals surface area contributed by atoms with Gasteiger partial charge in [-0.05, 0) is 42.7 Å². The molecule has 1 aromatic heterocycles. The van der Waals surface area contributed by atoms with Crippen molar-refractivity contribution in [3.05, 3.63) is 70.4 Å². The van der Waals surface area contributed by atoms with Gasteiger partial charge in [0, 0.05) is 35.3 Å². The first-order valence-electron chi connectivity index (χ1n) is 10.2. The van der Waals surface area contributed by atoms with Gasteiger partial charge < -0.3 is 15.6 Å². The number of aromatic amines is 1. The average Bonchev–Trinajstić information content (AvgIpc) is 2.74. The number of hydrogen-bond donors (Lipinski definition) is 3. The molecule has 0 saturated heterocycles. The summed E-state index contributed by atoms with van der Waals surface area (Å²) in [5, 5.41) is 7.30. The predicted molar refractivity (Wildman–Crippen MR) is 122 cm³/mol. The summed E-state index contributed by atoms with van der Waals surface area (Å²) >= 11 is 1.35. The third kappa shape index (κ3) is 6.77. The van der Waals surface area contributed by atoms with Crippen molar-refractivity contribution < 1.29 is 13.2 Å². The first-order valence-corrected chi connectivity index (χ1v) is 11.2. The van der Waals surface area contributed by atoms with E-state index in [9.17, 15) is 18.0 Å². The highest BCUT2D eigenvalue weighted by molar-refractivity contribution is 7.99. The molecular formula is C23H26F3N3OS. The minimum Gasteiger partial charge on any atom is -0.371 e. The van der Waals surface area contributed by atoms with Crippen molar-refractivity contribution in [3.63, 3.8) is 0 Å². The first kappa shape index (κ1) is 23.2. The third-order valence-electron chi connectivity index (χ3n) is 4.95. The highest BCUT2D eigenvalue weighted by Gasteiger charge is 2.30. The predicted octanol–water partition coefficient (Wildman–Crippen LogP) is 5.71. The minimum atomic E-state index is -4.33. The van der Waals surface area contributed by atoms with Crippen LogP contribution in [0, 0.1) is 5.92 Å². The minimum absolute atomic E-state index is 0.0282. The summed E-state index contributed by atoms with van der Waals surface area (Å²) in [6, 6.07) is 14.3. The maximum Gasteiger partial charge on any atom is 0.416 e. The van der Waals surface area contributed by atoms with E-state index in [1.807, 2.05) is 18.2 Å². The molecule has 0 spiro atoms. The maximum absolute atomic E-state index is 12.8. The van der Waals surface area contributed by atoms with Crippen molar-refractivity contribution in [1.82, 2.24) is 10.3 Å². The molecule has 1 unspecified atom stereocenters. The number of pyridine rings is 1. The van der Waals surface area contributed by atoms with E-state index in [0.717, 1.165) is 31.0 Å². The number of alkyl halides is 3. The summed E-state index contributed by atoms with van der Waals surface area (Å²) in [7, 11) is 0. The summed E-state index contributed by atoms with van der Waals surface area (Å²) in [6.07, 6.45) is -2.32. The molecule has 8 heteroatoms. The molecule has 1 heterocycles. The van der Waals surface area contributed by atoms with E-state index in [1.165, 1.54) is 23.9 Å². The van der Waals surface area contributed by atoms with Gasteiger partial charge >= 0.3 is 6.18 Å². The van der Waals surface area contributed by atoms with Gasteiger partial charge in [-0.3, -0.25) is 4.79 Å². The molecule has 0 aliphatic carbocycles. The van der Waals surface area contributed by atoms with E-state index in [0.29, 0.717) is 34.4 Å². The quantitative estimate of drug-likeness (QED) is 0.211. The topological polar surface area (TPSA) is 56.9 Å². The van der Waals surface area contributed by atoms with Crippen molar-refractivity contribution in [3.8, 4) is 0 Å². The maximum atomic E-state index is 12.8. The Labute approximate surface area is 183 Å². The zero-order valence-electron chi connectivity index (χ0n) is 17.3. The van der Waals surface area contributed by atoms with Crippen molar-refractivity contribution in [2.75, 3.05) is 24.3 Å². The Morgan fingerprint density at radius 3 is 2.65 bits per heavy atom. The van der Waals surface area contributed by atoms with E-state index >= 15 is 0 Å². The van der Waals surface area contributed by atoms with E-state index in [2.05, 4.69) is 22.5 Å². The molecule has 31 heavy (non-hydrogen) atoms. The number of hydrogen-bond acceptors (Lipinski definition) is 4. The number of aromatic nitrogens is 1. The standard InChI is InChI=1S/C23H26F3N3OS/c1-2-6-16(13-27-15-31-18-8-5-7-17(11-18)23(24,25)26)14-28-22-12-21(30)19-9-3-4-10-20(19)29-22/h3-5,7-12,16,27H,2,6,13-15H2,1H3,(H2,28,29,30). The molecular weight excluding hydrogens is 423 g/mol. The number of benzene rings is 2. The summed E-state index contributed by atoms with van der Waals surface area (Å²) in [5.74, 6) is 1.53. The van der Waals surface area contributed by atoms with E-state index in [1.54, 1.807) is 18.2 Å². The lowest BCUT2D eigenvalue weighted by atomic mass is 10.0. The second-order valence-electron chi connectivity index (χ2n) is 7.40. The number of para-hydroxylation sites is 1. The molecule has 0 aliphatic heterocycles. The Balaban J connectivity index is 1.51. The van der Waals surface area contributed by atoms with Gasteiger partial charge in [-0.1, -0.05) is 31.5 Å². The molecule has 0 fully saturated rings. The second-order valence-corrected chi connectivity index (χ2v) is 8.45. The Hall–Kier alpha value is -2.45. The van der Waals surface area contributed by atoms with Gasteiger partial charge in [0.2, 0.25) is 0 Å². The molecule has 0 aliphatic rings. The van der Waals surface area contributed by atoms with Crippen molar-refractivity contribution in [2.24, 2.45) is 5.92 Å². The fourth-order valence-corrected chi connectivity index (χ4v) is 4.16. The Morgan fingerprint density at radius 2 is 1.87 bits per heavy atom. The van der Waals surface area contributed by atoms with Crippen LogP contribution in [0.5, 0.6) is 0 Å². The summed E-state index contributed by atoms with van der Waals surface area (Å²) < 4.78 is 38.5. The van der Waals surface area contributed by atoms with Crippen LogP contribution in [0.1, 0.15) is 25.3 Å². The van der Waals surface area contributed by atoms with E-state index in [4.69, 9.17) is 0 Å². The van der Waals surface area contributed by atoms with Crippen LogP contribution >= 0.6 is 11.8 Å². The number of H-pyrrole nitrogens is 1. The molecule has 2 aromatic carbocycles. The molecule has 0 saturated carbocycles. The first-order chi connectivity index (χ1) is 14.9. The number of thioether (sulfide) groups is 1. The van der Waals surface area contributed by atoms with Crippen LogP contribution in [0.3, 0.4) is 0 Å². The number of fused-ring (bicyclic) bond motifs is 1. The lowest BCUT2D eigenvalue weighted by molar-refractivity contribution is -0.137. The van der Waals surface area contributed by atoms with Crippen LogP contribution in [0.25, 0.3) is 10.9 Å². The van der Waals surface area contributed by atoms with Gasteiger partial charge in [0.15, 0.2) is 5.43 Å². The van der Waals surface area contributed by atoms with Crippen LogP contribution in [0.15, 0.2) is 64.3 Å². The van der Waals surface area contributed by atoms with Crippen molar-refractivity contribution in [2.45, 2.75) is 30.8 Å². The fourth-order valence-electron chi connectivity index (χ4n) is 3.39. The zero-order valence-corrected chi connectivity index (χ0v) is 18.1. The SMILES string of the molecule is CCCC(CNCSc1cccc(C(F)(F)F)c1)CNc1cc(=O)c2ccccc2[nH]1. The van der Waals surface area contributed by atoms with Gasteiger partial charge in [-0.25, -0.2) is 0 Å². The average molecular weight is 450 g/mol. The van der Waals surface area contributed by atoms with Crippen LogP contribution in [0.2, 0.25) is 0 Å². The van der Waals surface area contributed by atoms with Gasteiger partial charge in [0.25, 0.3) is 0 Å². The molecule has 3 N–H and O–H groups in total. The largest absolute Gasteiger partial charge is 0.416 e. The number of anilines is 1. The monoisotopic (exact) mass is 449 g/mol. The number of halogens is 3. The smallest absolute Gasteiger partial charge is 0.371 e. The van der Waals surface area contributed by atoms with Gasteiger partial charge in [0.05, 0.1) is 11.1 Å². The Bertz CT molecular complexity index is 1050. The lowest BCUT2D eigenvalue weighted by Crippen LogP contribution is -2.28. The van der Waals surface area contributed by atoms with Gasteiger partial charge in [-0.2, -0.15) is 13.2 Å². The molecule has 0 bridgehead atoms. The second kappa shape index (κ2) is 10.7. The lowest BCUT2D eigenvalue weighted by Gasteiger charge is -2.18. The summed E-state index contributed by atoms with van der Waals surface area (Å²) in [6.45, 7) is 3.52. The van der Waals surface area contributed by atoms with Crippen molar-refractivity contribution in [1.29, 1.82) is 0 Å². The molecule has 3 rings (SSSR count). The Kier molecular flexibility index (Phi) is 8.03. The fraction of sp³-hybridized carbons (Fsp3) is 0.348. The highest BCUT2D eigenvalue weighted by atomic mass is 32.2. The van der Waals surface area contributed by atoms with Crippen LogP contribution in [-0.2, 0) is 6.18 Å². The summed E-state index contributed by atoms with van der Waals surface area (Å²) in [5.41, 5.74) is 0.134. The van der Waals surface area contributed by atoms with Crippen LogP contribution in [-0.4, -0.2) is 24.0 Å². The van der Waals surface area contributed by atoms with Crippen LogP contribution in [0.4, 0.5) is 19.0 Å². The molecule has 4 nitrogen and oxygen atoms in total. The molecule has 0 radical (unpaired) electrons. The number of nitrogens with one attached hydrogen (secondary N) is 3. The Morgan fingerprint density at radius 1 is 1.06 bits per heavy atom. The third-order valence-corrected chi connectivity index (χ3v) is 5.89. The molecule has 3 aromatic rings. The normalized spacial score (nSPS) is 12.8. The number of rotatable bonds is 10. The van der Waals surface area contributed by atoms with E-state index in [-0.39, 0.29) is 5.43 Å². The zero-order chi connectivity index (χ0) is 22.3. The van der Waals surface area contributed by atoms with E-state index < -0.39 is 11.7 Å². The van der Waals surface area contributed by atoms with Gasteiger partial charge in [0.1, 0.15) is 5.82 Å². The highest BCUT2D eigenvalue weighted by Crippen LogP contribution is 2.31. The molecule has 166 valence electrons. The van der Waals surface area contributed by atoms with Gasteiger partial charge in [-0.15, -0.1) is 11.8 Å². The molecule has 0 amide bonds. The molecule has 1 atom stereocenters. The van der Waals surface area contributed by atoms with Crippen LogP contribution < -0.4 is 16.1 Å². The van der Waals surface area contributed by atoms with Crippen molar-refractivity contribution >= 4 is 28.5 Å². The summed E-state index contributed by atoms with van der Waals surface area (Å²) in [4.78, 5) is 16.1.